The van der Waals surface area contributed by atoms with Crippen LogP contribution in [0.3, 0.4) is 0 Å². The molecule has 0 aliphatic heterocycles. The molecule has 132 valence electrons. The van der Waals surface area contributed by atoms with Crippen LogP contribution in [0.2, 0.25) is 0 Å². The molecule has 3 amide bonds. The average molecular weight is 346 g/mol. The Morgan fingerprint density at radius 2 is 1.92 bits per heavy atom. The first-order valence-corrected chi connectivity index (χ1v) is 7.54. The maximum Gasteiger partial charge on any atom is 0.338 e. The van der Waals surface area contributed by atoms with E-state index in [2.05, 4.69) is 26.2 Å². The van der Waals surface area contributed by atoms with E-state index in [-0.39, 0.29) is 11.5 Å². The van der Waals surface area contributed by atoms with Gasteiger partial charge in [0.05, 0.1) is 11.3 Å². The molecule has 10 nitrogen and oxygen atoms in total. The lowest BCUT2D eigenvalue weighted by Gasteiger charge is -2.09. The molecule has 2 rings (SSSR count). The van der Waals surface area contributed by atoms with Crippen molar-refractivity contribution in [3.8, 4) is 5.69 Å². The second-order valence-corrected chi connectivity index (χ2v) is 5.53. The van der Waals surface area contributed by atoms with Gasteiger partial charge in [-0.25, -0.2) is 14.3 Å². The number of nitrogens with zero attached hydrogens (tertiary/aromatic N) is 4. The molecule has 0 saturated heterocycles. The predicted molar refractivity (Wildman–Crippen MR) is 85.8 cm³/mol. The lowest BCUT2D eigenvalue weighted by atomic mass is 10.2. The van der Waals surface area contributed by atoms with Gasteiger partial charge in [0, 0.05) is 6.54 Å². The van der Waals surface area contributed by atoms with Crippen molar-refractivity contribution in [3.63, 3.8) is 0 Å². The maximum absolute atomic E-state index is 11.9. The van der Waals surface area contributed by atoms with Gasteiger partial charge in [-0.15, -0.1) is 5.10 Å². The quantitative estimate of drug-likeness (QED) is 0.720. The summed E-state index contributed by atoms with van der Waals surface area (Å²) in [5, 5.41) is 15.4. The summed E-state index contributed by atoms with van der Waals surface area (Å²) in [7, 11) is 0. The van der Waals surface area contributed by atoms with E-state index in [0.29, 0.717) is 12.2 Å². The van der Waals surface area contributed by atoms with E-state index in [9.17, 15) is 14.4 Å². The van der Waals surface area contributed by atoms with Crippen LogP contribution in [0.25, 0.3) is 5.69 Å². The molecule has 2 N–H and O–H groups in total. The molecule has 0 fully saturated rings. The normalized spacial score (nSPS) is 10.4. The summed E-state index contributed by atoms with van der Waals surface area (Å²) >= 11 is 0. The molecule has 1 heterocycles. The Labute approximate surface area is 143 Å². The fourth-order valence-corrected chi connectivity index (χ4v) is 1.75. The Bertz CT molecular complexity index is 727. The molecule has 1 aromatic carbocycles. The van der Waals surface area contributed by atoms with Gasteiger partial charge < -0.3 is 10.1 Å². The minimum atomic E-state index is -0.708. The smallest absolute Gasteiger partial charge is 0.338 e. The lowest BCUT2D eigenvalue weighted by Crippen LogP contribution is -2.42. The van der Waals surface area contributed by atoms with E-state index in [1.165, 1.54) is 23.1 Å². The zero-order valence-corrected chi connectivity index (χ0v) is 13.8. The number of hydrogen-bond donors (Lipinski definition) is 2. The Morgan fingerprint density at radius 3 is 2.52 bits per heavy atom. The third-order valence-corrected chi connectivity index (χ3v) is 2.97. The van der Waals surface area contributed by atoms with Gasteiger partial charge in [0.25, 0.3) is 5.91 Å². The van der Waals surface area contributed by atoms with Crippen LogP contribution in [0.15, 0.2) is 30.6 Å². The third kappa shape index (κ3) is 5.68. The standard InChI is InChI=1S/C15H18N6O4/c1-10(2)7-16-15(24)18-13(22)8-25-14(23)11-3-5-12(6-4-11)21-9-17-19-20-21/h3-6,9-10H,7-8H2,1-2H3,(H2,16,18,22,24). The van der Waals surface area contributed by atoms with Crippen molar-refractivity contribution in [1.82, 2.24) is 30.8 Å². The van der Waals surface area contributed by atoms with Gasteiger partial charge in [0.2, 0.25) is 0 Å². The lowest BCUT2D eigenvalue weighted by molar-refractivity contribution is -0.123. The first kappa shape index (κ1) is 18.0. The monoisotopic (exact) mass is 346 g/mol. The summed E-state index contributed by atoms with van der Waals surface area (Å²) < 4.78 is 6.30. The predicted octanol–water partition coefficient (Wildman–Crippen LogP) is 0.301. The number of ether oxygens (including phenoxy) is 1. The van der Waals surface area contributed by atoms with Gasteiger partial charge in [-0.05, 0) is 40.6 Å². The third-order valence-electron chi connectivity index (χ3n) is 2.97. The molecule has 0 unspecified atom stereocenters. The number of tetrazole rings is 1. The summed E-state index contributed by atoms with van der Waals surface area (Å²) in [5.74, 6) is -1.13. The molecular formula is C15H18N6O4. The molecule has 0 bridgehead atoms. The van der Waals surface area contributed by atoms with Crippen molar-refractivity contribution in [2.45, 2.75) is 13.8 Å². The number of urea groups is 1. The molecule has 25 heavy (non-hydrogen) atoms. The van der Waals surface area contributed by atoms with E-state index >= 15 is 0 Å². The van der Waals surface area contributed by atoms with Gasteiger partial charge in [0.1, 0.15) is 6.33 Å². The van der Waals surface area contributed by atoms with E-state index in [1.807, 2.05) is 13.8 Å². The van der Waals surface area contributed by atoms with Gasteiger partial charge in [-0.2, -0.15) is 0 Å². The van der Waals surface area contributed by atoms with Crippen molar-refractivity contribution < 1.29 is 19.1 Å². The molecule has 1 aromatic heterocycles. The summed E-state index contributed by atoms with van der Waals surface area (Å²) in [6.45, 7) is 3.73. The van der Waals surface area contributed by atoms with Crippen LogP contribution >= 0.6 is 0 Å². The second-order valence-electron chi connectivity index (χ2n) is 5.53. The average Bonchev–Trinajstić information content (AvgIpc) is 3.12. The maximum atomic E-state index is 11.9. The topological polar surface area (TPSA) is 128 Å². The number of aromatic nitrogens is 4. The first-order valence-electron chi connectivity index (χ1n) is 7.54. The highest BCUT2D eigenvalue weighted by Gasteiger charge is 2.13. The second kappa shape index (κ2) is 8.52. The molecule has 2 aromatic rings. The van der Waals surface area contributed by atoms with Crippen LogP contribution in [0.5, 0.6) is 0 Å². The highest BCUT2D eigenvalue weighted by Crippen LogP contribution is 2.08. The van der Waals surface area contributed by atoms with Crippen LogP contribution in [-0.4, -0.2) is 51.3 Å². The summed E-state index contributed by atoms with van der Waals surface area (Å²) in [6, 6.07) is 5.68. The number of benzene rings is 1. The Kier molecular flexibility index (Phi) is 6.15. The van der Waals surface area contributed by atoms with Crippen molar-refractivity contribution >= 4 is 17.9 Å². The number of imide groups is 1. The molecule has 0 atom stereocenters. The van der Waals surface area contributed by atoms with E-state index < -0.39 is 24.5 Å². The van der Waals surface area contributed by atoms with Gasteiger partial charge in [0.15, 0.2) is 6.61 Å². The molecule has 0 aliphatic carbocycles. The van der Waals surface area contributed by atoms with E-state index in [0.717, 1.165) is 0 Å². The SMILES string of the molecule is CC(C)CNC(=O)NC(=O)COC(=O)c1ccc(-n2cnnn2)cc1. The van der Waals surface area contributed by atoms with Crippen molar-refractivity contribution in [2.24, 2.45) is 5.92 Å². The number of nitrogens with one attached hydrogen (secondary N) is 2. The van der Waals surface area contributed by atoms with Crippen LogP contribution in [-0.2, 0) is 9.53 Å². The zero-order valence-electron chi connectivity index (χ0n) is 13.8. The van der Waals surface area contributed by atoms with Crippen molar-refractivity contribution in [2.75, 3.05) is 13.2 Å². The molecule has 0 aliphatic rings. The van der Waals surface area contributed by atoms with Crippen molar-refractivity contribution in [3.05, 3.63) is 36.2 Å². The Hall–Kier alpha value is -3.30. The fraction of sp³-hybridized carbons (Fsp3) is 0.333. The first-order chi connectivity index (χ1) is 12.0. The highest BCUT2D eigenvalue weighted by atomic mass is 16.5. The molecular weight excluding hydrogens is 328 g/mol. The van der Waals surface area contributed by atoms with Gasteiger partial charge in [-0.3, -0.25) is 10.1 Å². The van der Waals surface area contributed by atoms with Crippen LogP contribution in [0, 0.1) is 5.92 Å². The van der Waals surface area contributed by atoms with E-state index in [1.54, 1.807) is 12.1 Å². The summed E-state index contributed by atoms with van der Waals surface area (Å²) in [4.78, 5) is 34.9. The van der Waals surface area contributed by atoms with Gasteiger partial charge in [-0.1, -0.05) is 13.8 Å². The van der Waals surface area contributed by atoms with Gasteiger partial charge >= 0.3 is 12.0 Å². The minimum Gasteiger partial charge on any atom is -0.452 e. The molecule has 0 radical (unpaired) electrons. The summed E-state index contributed by atoms with van der Waals surface area (Å²) in [5.41, 5.74) is 0.926. The number of carbonyl (C=O) groups is 3. The Balaban J connectivity index is 1.79. The number of hydrogen-bond acceptors (Lipinski definition) is 7. The van der Waals surface area contributed by atoms with Crippen molar-refractivity contribution in [1.29, 1.82) is 0 Å². The fourth-order valence-electron chi connectivity index (χ4n) is 1.75. The minimum absolute atomic E-state index is 0.258. The summed E-state index contributed by atoms with van der Waals surface area (Å²) in [6.07, 6.45) is 1.42. The number of rotatable bonds is 6. The number of amides is 3. The van der Waals surface area contributed by atoms with Crippen LogP contribution < -0.4 is 10.6 Å². The van der Waals surface area contributed by atoms with E-state index in [4.69, 9.17) is 4.74 Å². The van der Waals surface area contributed by atoms with Crippen LogP contribution in [0.1, 0.15) is 24.2 Å². The molecule has 10 heteroatoms. The number of esters is 1. The largest absolute Gasteiger partial charge is 0.452 e. The molecule has 0 saturated carbocycles. The highest BCUT2D eigenvalue weighted by molar-refractivity contribution is 5.97. The Morgan fingerprint density at radius 1 is 1.20 bits per heavy atom. The zero-order chi connectivity index (χ0) is 18.2. The van der Waals surface area contributed by atoms with Crippen LogP contribution in [0.4, 0.5) is 4.79 Å². The number of carbonyl (C=O) groups excluding carboxylic acids is 3. The molecule has 0 spiro atoms.